The van der Waals surface area contributed by atoms with Gasteiger partial charge in [0.25, 0.3) is 0 Å². The minimum Gasteiger partial charge on any atom is -0.352 e. The van der Waals surface area contributed by atoms with Crippen LogP contribution in [0.3, 0.4) is 0 Å². The van der Waals surface area contributed by atoms with E-state index in [-0.39, 0.29) is 36.6 Å². The molecule has 0 aliphatic rings. The first kappa shape index (κ1) is 28.1. The molecule has 0 aromatic heterocycles. The fourth-order valence-electron chi connectivity index (χ4n) is 4.27. The minimum atomic E-state index is -0.758. The van der Waals surface area contributed by atoms with Crippen LogP contribution in [-0.4, -0.2) is 28.8 Å². The van der Waals surface area contributed by atoms with Crippen molar-refractivity contribution in [1.29, 1.82) is 0 Å². The van der Waals surface area contributed by atoms with E-state index in [0.29, 0.717) is 24.3 Å². The molecule has 2 atom stereocenters. The first-order chi connectivity index (χ1) is 17.8. The topological polar surface area (TPSA) is 49.4 Å². The number of halogens is 1. The molecule has 3 rings (SSSR count). The van der Waals surface area contributed by atoms with Crippen molar-refractivity contribution in [3.8, 4) is 0 Å². The summed E-state index contributed by atoms with van der Waals surface area (Å²) in [6, 6.07) is 23.6. The lowest BCUT2D eigenvalue weighted by Gasteiger charge is -2.32. The second-order valence-electron chi connectivity index (χ2n) is 10.0. The number of hydrogen-bond donors (Lipinski definition) is 1. The lowest BCUT2D eigenvalue weighted by molar-refractivity contribution is -0.141. The molecule has 0 spiro atoms. The van der Waals surface area contributed by atoms with E-state index >= 15 is 0 Å². The van der Waals surface area contributed by atoms with Crippen LogP contribution in [0.4, 0.5) is 4.39 Å². The molecule has 0 radical (unpaired) electrons. The van der Waals surface area contributed by atoms with Gasteiger partial charge in [-0.15, -0.1) is 0 Å². The maximum Gasteiger partial charge on any atom is 0.243 e. The van der Waals surface area contributed by atoms with Gasteiger partial charge in [-0.3, -0.25) is 9.59 Å². The van der Waals surface area contributed by atoms with E-state index in [9.17, 15) is 14.0 Å². The zero-order chi connectivity index (χ0) is 26.8. The molecule has 0 heterocycles. The normalized spacial score (nSPS) is 12.7. The molecule has 0 fully saturated rings. The molecule has 37 heavy (non-hydrogen) atoms. The average Bonchev–Trinajstić information content (AvgIpc) is 2.90. The van der Waals surface area contributed by atoms with Crippen molar-refractivity contribution >= 4 is 11.8 Å². The Labute approximate surface area is 220 Å². The predicted octanol–water partition coefficient (Wildman–Crippen LogP) is 6.44. The molecule has 0 bridgehead atoms. The van der Waals surface area contributed by atoms with Crippen molar-refractivity contribution in [3.63, 3.8) is 0 Å². The second-order valence-corrected chi connectivity index (χ2v) is 10.0. The van der Waals surface area contributed by atoms with Crippen molar-refractivity contribution < 1.29 is 14.0 Å². The molecule has 3 aromatic carbocycles. The van der Waals surface area contributed by atoms with Crippen LogP contribution in [0, 0.1) is 5.82 Å². The number of carbonyl (C=O) groups is 2. The van der Waals surface area contributed by atoms with Gasteiger partial charge < -0.3 is 10.2 Å². The minimum absolute atomic E-state index is 0.0310. The standard InChI is InChI=1S/C32H39FN2O2/c1-5-24(4)34-32(37)30(21-26-11-7-6-8-12-26)35(22-28-13-9-10-14-29(28)33)31(36)20-17-25-15-18-27(19-16-25)23(2)3/h6-16,18-19,23-24,30H,5,17,20-22H2,1-4H3,(H,34,37)/t24-,30+/m1/s1. The summed E-state index contributed by atoms with van der Waals surface area (Å²) < 4.78 is 14.7. The highest BCUT2D eigenvalue weighted by Crippen LogP contribution is 2.20. The molecule has 0 saturated carbocycles. The third-order valence-electron chi connectivity index (χ3n) is 6.84. The lowest BCUT2D eigenvalue weighted by atomic mass is 9.99. The Hall–Kier alpha value is -3.47. The fourth-order valence-corrected chi connectivity index (χ4v) is 4.27. The van der Waals surface area contributed by atoms with E-state index in [2.05, 4.69) is 43.4 Å². The van der Waals surface area contributed by atoms with Crippen molar-refractivity contribution in [3.05, 3.63) is 107 Å². The van der Waals surface area contributed by atoms with Crippen molar-refractivity contribution in [1.82, 2.24) is 10.2 Å². The van der Waals surface area contributed by atoms with E-state index < -0.39 is 6.04 Å². The summed E-state index contributed by atoms with van der Waals surface area (Å²) in [7, 11) is 0. The summed E-state index contributed by atoms with van der Waals surface area (Å²) in [6.45, 7) is 8.28. The molecule has 5 heteroatoms. The van der Waals surface area contributed by atoms with Gasteiger partial charge in [0.05, 0.1) is 0 Å². The molecular formula is C32H39FN2O2. The summed E-state index contributed by atoms with van der Waals surface area (Å²) in [5.41, 5.74) is 3.65. The Kier molecular flexibility index (Phi) is 10.4. The van der Waals surface area contributed by atoms with Gasteiger partial charge >= 0.3 is 0 Å². The van der Waals surface area contributed by atoms with Crippen molar-refractivity contribution in [2.75, 3.05) is 0 Å². The molecule has 4 nitrogen and oxygen atoms in total. The first-order valence-corrected chi connectivity index (χ1v) is 13.2. The zero-order valence-corrected chi connectivity index (χ0v) is 22.4. The van der Waals surface area contributed by atoms with Gasteiger partial charge in [-0.25, -0.2) is 4.39 Å². The van der Waals surface area contributed by atoms with Gasteiger partial charge in [0.2, 0.25) is 11.8 Å². The highest BCUT2D eigenvalue weighted by Gasteiger charge is 2.31. The molecule has 0 unspecified atom stereocenters. The van der Waals surface area contributed by atoms with E-state index in [1.807, 2.05) is 44.2 Å². The van der Waals surface area contributed by atoms with Crippen LogP contribution < -0.4 is 5.32 Å². The molecule has 2 amide bonds. The molecule has 0 saturated heterocycles. The first-order valence-electron chi connectivity index (χ1n) is 13.2. The second kappa shape index (κ2) is 13.7. The summed E-state index contributed by atoms with van der Waals surface area (Å²) >= 11 is 0. The van der Waals surface area contributed by atoms with Crippen molar-refractivity contribution in [2.45, 2.75) is 77.9 Å². The molecule has 1 N–H and O–H groups in total. The number of carbonyl (C=O) groups excluding carboxylic acids is 2. The molecule has 3 aromatic rings. The highest BCUT2D eigenvalue weighted by molar-refractivity contribution is 5.88. The van der Waals surface area contributed by atoms with Gasteiger partial charge in [-0.2, -0.15) is 0 Å². The summed E-state index contributed by atoms with van der Waals surface area (Å²) in [5.74, 6) is -0.333. The monoisotopic (exact) mass is 502 g/mol. The maximum absolute atomic E-state index is 14.7. The number of nitrogens with one attached hydrogen (secondary N) is 1. The predicted molar refractivity (Wildman–Crippen MR) is 148 cm³/mol. The average molecular weight is 503 g/mol. The zero-order valence-electron chi connectivity index (χ0n) is 22.4. The summed E-state index contributed by atoms with van der Waals surface area (Å²) in [4.78, 5) is 28.8. The maximum atomic E-state index is 14.7. The van der Waals surface area contributed by atoms with Gasteiger partial charge in [0, 0.05) is 31.0 Å². The largest absolute Gasteiger partial charge is 0.352 e. The smallest absolute Gasteiger partial charge is 0.243 e. The van der Waals surface area contributed by atoms with Crippen LogP contribution in [0.5, 0.6) is 0 Å². The van der Waals surface area contributed by atoms with E-state index in [0.717, 1.165) is 17.5 Å². The number of rotatable bonds is 12. The van der Waals surface area contributed by atoms with E-state index in [1.54, 1.807) is 23.1 Å². The van der Waals surface area contributed by atoms with Gasteiger partial charge in [0.1, 0.15) is 11.9 Å². The molecule has 196 valence electrons. The molecule has 0 aliphatic carbocycles. The lowest BCUT2D eigenvalue weighted by Crippen LogP contribution is -2.52. The van der Waals surface area contributed by atoms with Crippen LogP contribution in [-0.2, 0) is 29.0 Å². The fraction of sp³-hybridized carbons (Fsp3) is 0.375. The van der Waals surface area contributed by atoms with Crippen LogP contribution in [0.1, 0.15) is 68.7 Å². The Morgan fingerprint density at radius 2 is 1.51 bits per heavy atom. The van der Waals surface area contributed by atoms with Gasteiger partial charge in [0.15, 0.2) is 0 Å². The van der Waals surface area contributed by atoms with Crippen LogP contribution >= 0.6 is 0 Å². The molecular weight excluding hydrogens is 463 g/mol. The third-order valence-corrected chi connectivity index (χ3v) is 6.84. The Morgan fingerprint density at radius 3 is 2.14 bits per heavy atom. The third kappa shape index (κ3) is 8.28. The Bertz CT molecular complexity index is 1140. The Morgan fingerprint density at radius 1 is 0.865 bits per heavy atom. The number of nitrogens with zero attached hydrogens (tertiary/aromatic N) is 1. The SMILES string of the molecule is CC[C@@H](C)NC(=O)[C@H](Cc1ccccc1)N(Cc1ccccc1F)C(=O)CCc1ccc(C(C)C)cc1. The van der Waals surface area contributed by atoms with Gasteiger partial charge in [-0.05, 0) is 48.4 Å². The number of benzene rings is 3. The number of amides is 2. The van der Waals surface area contributed by atoms with Crippen molar-refractivity contribution in [2.24, 2.45) is 0 Å². The molecule has 0 aliphatic heterocycles. The number of hydrogen-bond acceptors (Lipinski definition) is 2. The quantitative estimate of drug-likeness (QED) is 0.310. The van der Waals surface area contributed by atoms with Crippen LogP contribution in [0.15, 0.2) is 78.9 Å². The van der Waals surface area contributed by atoms with Crippen LogP contribution in [0.25, 0.3) is 0 Å². The highest BCUT2D eigenvalue weighted by atomic mass is 19.1. The van der Waals surface area contributed by atoms with E-state index in [4.69, 9.17) is 0 Å². The van der Waals surface area contributed by atoms with Gasteiger partial charge in [-0.1, -0.05) is 93.6 Å². The van der Waals surface area contributed by atoms with E-state index in [1.165, 1.54) is 11.6 Å². The summed E-state index contributed by atoms with van der Waals surface area (Å²) in [5, 5.41) is 3.05. The van der Waals surface area contributed by atoms with Crippen LogP contribution in [0.2, 0.25) is 0 Å². The Balaban J connectivity index is 1.90. The number of aryl methyl sites for hydroxylation is 1. The summed E-state index contributed by atoms with van der Waals surface area (Å²) in [6.07, 6.45) is 1.91.